The smallest absolute Gasteiger partial charge is 0.335 e. The number of rotatable bonds is 11. The molecule has 1 aromatic rings. The second kappa shape index (κ2) is 9.90. The molecule has 0 fully saturated rings. The van der Waals surface area contributed by atoms with E-state index in [1.165, 1.54) is 17.8 Å². The Hall–Kier alpha value is -1.25. The van der Waals surface area contributed by atoms with Crippen LogP contribution in [0.4, 0.5) is 5.69 Å². The number of nitrogens with one attached hydrogen (secondary N) is 1. The molecular formula is C16H26N2O4S2. The van der Waals surface area contributed by atoms with Crippen molar-refractivity contribution >= 4 is 33.4 Å². The normalized spacial score (nSPS) is 11.5. The first-order chi connectivity index (χ1) is 11.3. The minimum Gasteiger partial charge on any atom is -0.478 e. The lowest BCUT2D eigenvalue weighted by Crippen LogP contribution is -2.16. The number of carboxylic acids is 1. The fourth-order valence-electron chi connectivity index (χ4n) is 2.14. The predicted octanol–water partition coefficient (Wildman–Crippen LogP) is 3.53. The zero-order valence-corrected chi connectivity index (χ0v) is 15.8. The van der Waals surface area contributed by atoms with Crippen LogP contribution >= 0.6 is 11.8 Å². The van der Waals surface area contributed by atoms with Gasteiger partial charge in [-0.1, -0.05) is 33.1 Å². The Balaban J connectivity index is 3.27. The van der Waals surface area contributed by atoms with Crippen LogP contribution in [-0.4, -0.2) is 31.8 Å². The fraction of sp³-hybridized carbons (Fsp3) is 0.562. The lowest BCUT2D eigenvalue weighted by molar-refractivity contribution is 0.0696. The van der Waals surface area contributed by atoms with E-state index >= 15 is 0 Å². The zero-order valence-electron chi connectivity index (χ0n) is 14.2. The van der Waals surface area contributed by atoms with Crippen LogP contribution in [-0.2, 0) is 10.0 Å². The summed E-state index contributed by atoms with van der Waals surface area (Å²) in [7, 11) is -4.01. The topological polar surface area (TPSA) is 109 Å². The molecule has 0 aliphatic heterocycles. The van der Waals surface area contributed by atoms with Crippen molar-refractivity contribution in [2.75, 3.05) is 17.6 Å². The molecule has 0 bridgehead atoms. The Morgan fingerprint density at radius 2 is 1.88 bits per heavy atom. The summed E-state index contributed by atoms with van der Waals surface area (Å²) >= 11 is 1.40. The number of hydrogen-bond donors (Lipinski definition) is 3. The summed E-state index contributed by atoms with van der Waals surface area (Å²) in [4.78, 5) is 11.7. The van der Waals surface area contributed by atoms with Crippen molar-refractivity contribution in [1.82, 2.24) is 0 Å². The van der Waals surface area contributed by atoms with Crippen molar-refractivity contribution in [3.8, 4) is 0 Å². The van der Waals surface area contributed by atoms with Gasteiger partial charge in [0.15, 0.2) is 0 Å². The summed E-state index contributed by atoms with van der Waals surface area (Å²) in [6.45, 7) is 4.79. The van der Waals surface area contributed by atoms with Gasteiger partial charge in [0.05, 0.1) is 21.0 Å². The van der Waals surface area contributed by atoms with Crippen LogP contribution < -0.4 is 10.5 Å². The quantitative estimate of drug-likeness (QED) is 0.404. The van der Waals surface area contributed by atoms with Gasteiger partial charge in [0, 0.05) is 6.54 Å². The van der Waals surface area contributed by atoms with Gasteiger partial charge in [-0.05, 0) is 30.7 Å². The molecule has 1 rings (SSSR count). The maximum atomic E-state index is 11.9. The Bertz CT molecular complexity index is 660. The predicted molar refractivity (Wildman–Crippen MR) is 98.4 cm³/mol. The summed E-state index contributed by atoms with van der Waals surface area (Å²) in [5.74, 6) is -0.424. The van der Waals surface area contributed by atoms with Crippen molar-refractivity contribution in [1.29, 1.82) is 0 Å². The van der Waals surface area contributed by atoms with Crippen molar-refractivity contribution < 1.29 is 18.3 Å². The minimum atomic E-state index is -4.01. The molecule has 136 valence electrons. The molecule has 0 aliphatic rings. The second-order valence-corrected chi connectivity index (χ2v) is 8.17. The number of anilines is 1. The van der Waals surface area contributed by atoms with Crippen LogP contribution in [0.15, 0.2) is 21.9 Å². The molecule has 0 unspecified atom stereocenters. The van der Waals surface area contributed by atoms with Crippen LogP contribution in [0.25, 0.3) is 0 Å². The molecule has 4 N–H and O–H groups in total. The van der Waals surface area contributed by atoms with Crippen LogP contribution in [0.5, 0.6) is 0 Å². The van der Waals surface area contributed by atoms with Gasteiger partial charge in [-0.3, -0.25) is 0 Å². The molecule has 24 heavy (non-hydrogen) atoms. The van der Waals surface area contributed by atoms with Crippen molar-refractivity contribution in [3.63, 3.8) is 0 Å². The molecule has 6 nitrogen and oxygen atoms in total. The lowest BCUT2D eigenvalue weighted by Gasteiger charge is -2.16. The number of carboxylic acid groups (broad SMARTS) is 1. The molecule has 8 heteroatoms. The van der Waals surface area contributed by atoms with E-state index in [1.54, 1.807) is 0 Å². The lowest BCUT2D eigenvalue weighted by atomic mass is 10.2. The third kappa shape index (κ3) is 6.33. The Morgan fingerprint density at radius 1 is 1.21 bits per heavy atom. The van der Waals surface area contributed by atoms with Crippen LogP contribution in [0.2, 0.25) is 0 Å². The SMILES string of the molecule is CCCCCSc1c(NCCCC)cc(C(=O)O)cc1S(N)(=O)=O. The molecule has 0 spiro atoms. The first kappa shape index (κ1) is 20.8. The maximum Gasteiger partial charge on any atom is 0.335 e. The number of benzene rings is 1. The summed E-state index contributed by atoms with van der Waals surface area (Å²) < 4.78 is 23.9. The number of thioether (sulfide) groups is 1. The average Bonchev–Trinajstić information content (AvgIpc) is 2.51. The van der Waals surface area contributed by atoms with Crippen LogP contribution in [0.3, 0.4) is 0 Å². The molecule has 0 amide bonds. The molecule has 0 aromatic heterocycles. The van der Waals surface area contributed by atoms with Gasteiger partial charge >= 0.3 is 5.97 Å². The van der Waals surface area contributed by atoms with E-state index in [4.69, 9.17) is 5.14 Å². The number of nitrogens with two attached hydrogens (primary N) is 1. The largest absolute Gasteiger partial charge is 0.478 e. The summed E-state index contributed by atoms with van der Waals surface area (Å²) in [6, 6.07) is 2.62. The molecule has 0 radical (unpaired) electrons. The number of sulfonamides is 1. The first-order valence-electron chi connectivity index (χ1n) is 8.12. The molecule has 0 saturated heterocycles. The third-order valence-electron chi connectivity index (χ3n) is 3.45. The Morgan fingerprint density at radius 3 is 2.42 bits per heavy atom. The van der Waals surface area contributed by atoms with E-state index in [0.717, 1.165) is 43.9 Å². The molecule has 0 heterocycles. The number of aromatic carboxylic acids is 1. The highest BCUT2D eigenvalue weighted by molar-refractivity contribution is 8.00. The first-order valence-corrected chi connectivity index (χ1v) is 10.6. The highest BCUT2D eigenvalue weighted by Gasteiger charge is 2.21. The summed E-state index contributed by atoms with van der Waals surface area (Å²) in [6.07, 6.45) is 4.97. The zero-order chi connectivity index (χ0) is 18.2. The Labute approximate surface area is 148 Å². The minimum absolute atomic E-state index is 0.0871. The van der Waals surface area contributed by atoms with E-state index in [0.29, 0.717) is 17.1 Å². The summed E-state index contributed by atoms with van der Waals surface area (Å²) in [5, 5.41) is 17.7. The van der Waals surface area contributed by atoms with Crippen molar-refractivity contribution in [3.05, 3.63) is 17.7 Å². The molecule has 1 aromatic carbocycles. The number of carbonyl (C=O) groups is 1. The van der Waals surface area contributed by atoms with Gasteiger partial charge in [-0.2, -0.15) is 0 Å². The fourth-order valence-corrected chi connectivity index (χ4v) is 4.37. The van der Waals surface area contributed by atoms with E-state index < -0.39 is 16.0 Å². The number of primary sulfonamides is 1. The van der Waals surface area contributed by atoms with Gasteiger partial charge in [0.25, 0.3) is 0 Å². The van der Waals surface area contributed by atoms with Gasteiger partial charge < -0.3 is 10.4 Å². The standard InChI is InChI=1S/C16H26N2O4S2/c1-3-5-7-9-23-15-13(18-8-6-4-2)10-12(16(19)20)11-14(15)24(17,21)22/h10-11,18H,3-9H2,1-2H3,(H,19,20)(H2,17,21,22). The third-order valence-corrected chi connectivity index (χ3v) is 5.73. The second-order valence-electron chi connectivity index (χ2n) is 5.54. The van der Waals surface area contributed by atoms with E-state index in [2.05, 4.69) is 12.2 Å². The molecule has 0 aliphatic carbocycles. The van der Waals surface area contributed by atoms with E-state index in [-0.39, 0.29) is 10.5 Å². The maximum absolute atomic E-state index is 11.9. The number of unbranched alkanes of at least 4 members (excludes halogenated alkanes) is 3. The molecular weight excluding hydrogens is 348 g/mol. The van der Waals surface area contributed by atoms with Crippen LogP contribution in [0.1, 0.15) is 56.3 Å². The van der Waals surface area contributed by atoms with E-state index in [1.807, 2.05) is 6.92 Å². The van der Waals surface area contributed by atoms with Gasteiger partial charge in [0.1, 0.15) is 0 Å². The van der Waals surface area contributed by atoms with Crippen LogP contribution in [0, 0.1) is 0 Å². The Kier molecular flexibility index (Phi) is 8.58. The number of hydrogen-bond acceptors (Lipinski definition) is 5. The highest BCUT2D eigenvalue weighted by atomic mass is 32.2. The van der Waals surface area contributed by atoms with Gasteiger partial charge in [0.2, 0.25) is 10.0 Å². The van der Waals surface area contributed by atoms with Gasteiger partial charge in [-0.15, -0.1) is 11.8 Å². The average molecular weight is 375 g/mol. The molecule has 0 saturated carbocycles. The highest BCUT2D eigenvalue weighted by Crippen LogP contribution is 2.35. The van der Waals surface area contributed by atoms with Gasteiger partial charge in [-0.25, -0.2) is 18.4 Å². The molecule has 0 atom stereocenters. The van der Waals surface area contributed by atoms with E-state index in [9.17, 15) is 18.3 Å². The summed E-state index contributed by atoms with van der Waals surface area (Å²) in [5.41, 5.74) is 0.435. The monoisotopic (exact) mass is 374 g/mol. The van der Waals surface area contributed by atoms with Crippen molar-refractivity contribution in [2.45, 2.75) is 55.7 Å². The van der Waals surface area contributed by atoms with Crippen molar-refractivity contribution in [2.24, 2.45) is 5.14 Å².